The maximum atomic E-state index is 11.5. The van der Waals surface area contributed by atoms with Crippen molar-refractivity contribution >= 4 is 33.7 Å². The summed E-state index contributed by atoms with van der Waals surface area (Å²) in [5.41, 5.74) is 6.65. The normalized spacial score (nSPS) is 12.2. The third kappa shape index (κ3) is 5.57. The first kappa shape index (κ1) is 14.5. The minimum Gasteiger partial charge on any atom is -0.460 e. The largest absolute Gasteiger partial charge is 0.460 e. The summed E-state index contributed by atoms with van der Waals surface area (Å²) in [6.07, 6.45) is 2.64. The molecule has 0 aliphatic heterocycles. The van der Waals surface area contributed by atoms with Crippen molar-refractivity contribution in [2.45, 2.75) is 19.1 Å². The zero-order valence-electron chi connectivity index (χ0n) is 9.69. The lowest BCUT2D eigenvalue weighted by atomic mass is 10.2. The van der Waals surface area contributed by atoms with E-state index in [0.29, 0.717) is 6.42 Å². The quantitative estimate of drug-likeness (QED) is 0.819. The molecule has 0 aromatic heterocycles. The molecule has 0 aliphatic rings. The summed E-state index contributed by atoms with van der Waals surface area (Å²) in [5, 5.41) is 0. The van der Waals surface area contributed by atoms with Crippen LogP contribution in [-0.4, -0.2) is 24.0 Å². The van der Waals surface area contributed by atoms with Crippen molar-refractivity contribution in [2.75, 3.05) is 12.0 Å². The van der Waals surface area contributed by atoms with E-state index >= 15 is 0 Å². The second kappa shape index (κ2) is 7.74. The van der Waals surface area contributed by atoms with Crippen LogP contribution in [0.15, 0.2) is 28.7 Å². The van der Waals surface area contributed by atoms with Gasteiger partial charge in [-0.05, 0) is 36.1 Å². The number of benzene rings is 1. The summed E-state index contributed by atoms with van der Waals surface area (Å²) in [4.78, 5) is 11.5. The Morgan fingerprint density at radius 1 is 1.59 bits per heavy atom. The maximum absolute atomic E-state index is 11.5. The highest BCUT2D eigenvalue weighted by atomic mass is 79.9. The minimum atomic E-state index is -0.519. The summed E-state index contributed by atoms with van der Waals surface area (Å²) >= 11 is 5.03. The van der Waals surface area contributed by atoms with E-state index in [1.165, 1.54) is 0 Å². The highest BCUT2D eigenvalue weighted by Gasteiger charge is 2.14. The third-order valence-electron chi connectivity index (χ3n) is 2.21. The number of hydrogen-bond donors (Lipinski definition) is 1. The van der Waals surface area contributed by atoms with Crippen LogP contribution in [0.5, 0.6) is 0 Å². The SMILES string of the molecule is CSCCC(N)C(=O)OCc1cccc(Br)c1. The molecule has 0 bridgehead atoms. The smallest absolute Gasteiger partial charge is 0.323 e. The molecule has 1 aromatic carbocycles. The zero-order valence-corrected chi connectivity index (χ0v) is 12.1. The lowest BCUT2D eigenvalue weighted by molar-refractivity contribution is -0.146. The minimum absolute atomic E-state index is 0.269. The van der Waals surface area contributed by atoms with Gasteiger partial charge in [-0.15, -0.1) is 0 Å². The first-order valence-corrected chi connectivity index (χ1v) is 7.47. The number of rotatable bonds is 6. The van der Waals surface area contributed by atoms with Crippen LogP contribution < -0.4 is 5.73 Å². The number of ether oxygens (including phenoxy) is 1. The fourth-order valence-corrected chi connectivity index (χ4v) is 2.19. The van der Waals surface area contributed by atoms with Gasteiger partial charge in [0.15, 0.2) is 0 Å². The van der Waals surface area contributed by atoms with Crippen molar-refractivity contribution in [3.8, 4) is 0 Å². The van der Waals surface area contributed by atoms with Gasteiger partial charge in [-0.3, -0.25) is 4.79 Å². The molecule has 94 valence electrons. The van der Waals surface area contributed by atoms with Gasteiger partial charge >= 0.3 is 5.97 Å². The van der Waals surface area contributed by atoms with Gasteiger partial charge in [-0.1, -0.05) is 28.1 Å². The van der Waals surface area contributed by atoms with E-state index in [0.717, 1.165) is 15.8 Å². The van der Waals surface area contributed by atoms with Gasteiger partial charge in [0.05, 0.1) is 0 Å². The predicted molar refractivity (Wildman–Crippen MR) is 74.9 cm³/mol. The summed E-state index contributed by atoms with van der Waals surface area (Å²) in [5.74, 6) is 0.534. The summed E-state index contributed by atoms with van der Waals surface area (Å²) in [6, 6.07) is 7.14. The lowest BCUT2D eigenvalue weighted by Gasteiger charge is -2.10. The average Bonchev–Trinajstić information content (AvgIpc) is 2.33. The third-order valence-corrected chi connectivity index (χ3v) is 3.34. The second-order valence-electron chi connectivity index (χ2n) is 3.63. The molecule has 1 aromatic rings. The van der Waals surface area contributed by atoms with Gasteiger partial charge in [0, 0.05) is 4.47 Å². The first-order chi connectivity index (χ1) is 8.13. The fraction of sp³-hybridized carbons (Fsp3) is 0.417. The highest BCUT2D eigenvalue weighted by molar-refractivity contribution is 9.10. The van der Waals surface area contributed by atoms with Crippen molar-refractivity contribution in [2.24, 2.45) is 5.73 Å². The molecule has 0 saturated heterocycles. The molecule has 1 unspecified atom stereocenters. The van der Waals surface area contributed by atoms with Crippen LogP contribution >= 0.6 is 27.7 Å². The Labute approximate surface area is 114 Å². The topological polar surface area (TPSA) is 52.3 Å². The van der Waals surface area contributed by atoms with Crippen LogP contribution in [0.4, 0.5) is 0 Å². The molecule has 3 nitrogen and oxygen atoms in total. The van der Waals surface area contributed by atoms with E-state index in [1.807, 2.05) is 30.5 Å². The molecule has 0 fully saturated rings. The number of thioether (sulfide) groups is 1. The average molecular weight is 318 g/mol. The van der Waals surface area contributed by atoms with Crippen LogP contribution in [0.25, 0.3) is 0 Å². The maximum Gasteiger partial charge on any atom is 0.323 e. The molecule has 2 N–H and O–H groups in total. The molecule has 5 heteroatoms. The highest BCUT2D eigenvalue weighted by Crippen LogP contribution is 2.12. The van der Waals surface area contributed by atoms with Crippen LogP contribution in [0.3, 0.4) is 0 Å². The first-order valence-electron chi connectivity index (χ1n) is 5.29. The van der Waals surface area contributed by atoms with Crippen LogP contribution in [0.1, 0.15) is 12.0 Å². The molecular formula is C12H16BrNO2S. The number of carbonyl (C=O) groups is 1. The molecule has 0 spiro atoms. The van der Waals surface area contributed by atoms with Crippen molar-refractivity contribution in [3.63, 3.8) is 0 Å². The van der Waals surface area contributed by atoms with Crippen molar-refractivity contribution in [3.05, 3.63) is 34.3 Å². The van der Waals surface area contributed by atoms with Gasteiger partial charge in [0.2, 0.25) is 0 Å². The van der Waals surface area contributed by atoms with Gasteiger partial charge in [0.25, 0.3) is 0 Å². The monoisotopic (exact) mass is 317 g/mol. The van der Waals surface area contributed by atoms with Gasteiger partial charge in [0.1, 0.15) is 12.6 Å². The molecule has 1 rings (SSSR count). The van der Waals surface area contributed by atoms with Crippen molar-refractivity contribution in [1.29, 1.82) is 0 Å². The number of nitrogens with two attached hydrogens (primary N) is 1. The van der Waals surface area contributed by atoms with Crippen molar-refractivity contribution < 1.29 is 9.53 Å². The van der Waals surface area contributed by atoms with E-state index in [2.05, 4.69) is 15.9 Å². The van der Waals surface area contributed by atoms with Gasteiger partial charge in [-0.2, -0.15) is 11.8 Å². The van der Waals surface area contributed by atoms with Crippen LogP contribution in [0, 0.1) is 0 Å². The summed E-state index contributed by atoms with van der Waals surface area (Å²) in [7, 11) is 0. The molecule has 0 aliphatic carbocycles. The Kier molecular flexibility index (Phi) is 6.62. The van der Waals surface area contributed by atoms with Gasteiger partial charge in [-0.25, -0.2) is 0 Å². The van der Waals surface area contributed by atoms with E-state index in [4.69, 9.17) is 10.5 Å². The Morgan fingerprint density at radius 2 is 2.35 bits per heavy atom. The zero-order chi connectivity index (χ0) is 12.7. The Morgan fingerprint density at radius 3 is 3.00 bits per heavy atom. The van der Waals surface area contributed by atoms with E-state index in [-0.39, 0.29) is 12.6 Å². The molecule has 1 atom stereocenters. The van der Waals surface area contributed by atoms with E-state index in [1.54, 1.807) is 11.8 Å². The molecule has 0 amide bonds. The molecule has 0 saturated carbocycles. The fourth-order valence-electron chi connectivity index (χ4n) is 1.25. The van der Waals surface area contributed by atoms with Gasteiger partial charge < -0.3 is 10.5 Å². The number of carbonyl (C=O) groups excluding carboxylic acids is 1. The molecule has 0 heterocycles. The summed E-state index contributed by atoms with van der Waals surface area (Å²) in [6.45, 7) is 0.269. The predicted octanol–water partition coefficient (Wildman–Crippen LogP) is 2.57. The summed E-state index contributed by atoms with van der Waals surface area (Å²) < 4.78 is 6.12. The number of hydrogen-bond acceptors (Lipinski definition) is 4. The lowest BCUT2D eigenvalue weighted by Crippen LogP contribution is -2.32. The number of esters is 1. The molecule has 0 radical (unpaired) electrons. The molecule has 17 heavy (non-hydrogen) atoms. The Bertz CT molecular complexity index is 373. The standard InChI is InChI=1S/C12H16BrNO2S/c1-17-6-5-11(14)12(15)16-8-9-3-2-4-10(13)7-9/h2-4,7,11H,5-6,8,14H2,1H3. The van der Waals surface area contributed by atoms with E-state index in [9.17, 15) is 4.79 Å². The Balaban J connectivity index is 2.37. The molecular weight excluding hydrogens is 302 g/mol. The van der Waals surface area contributed by atoms with Crippen LogP contribution in [0.2, 0.25) is 0 Å². The number of halogens is 1. The van der Waals surface area contributed by atoms with Crippen molar-refractivity contribution in [1.82, 2.24) is 0 Å². The second-order valence-corrected chi connectivity index (χ2v) is 5.53. The van der Waals surface area contributed by atoms with Crippen LogP contribution in [-0.2, 0) is 16.1 Å². The Hall–Kier alpha value is -0.520. The van der Waals surface area contributed by atoms with E-state index < -0.39 is 6.04 Å².